The monoisotopic (exact) mass is 415 g/mol. The van der Waals surface area contributed by atoms with Crippen molar-refractivity contribution in [2.24, 2.45) is 0 Å². The largest absolute Gasteiger partial charge is 0.416 e. The topological polar surface area (TPSA) is 29.1 Å². The fourth-order valence-electron chi connectivity index (χ4n) is 2.80. The number of rotatable bonds is 5. The van der Waals surface area contributed by atoms with Gasteiger partial charge in [-0.25, -0.2) is 0 Å². The van der Waals surface area contributed by atoms with Crippen LogP contribution in [0.25, 0.3) is 0 Å². The number of hydrogen-bond donors (Lipinski definition) is 1. The maximum atomic E-state index is 12.8. The lowest BCUT2D eigenvalue weighted by Gasteiger charge is -2.10. The summed E-state index contributed by atoms with van der Waals surface area (Å²) in [5.41, 5.74) is 2.55. The van der Waals surface area contributed by atoms with Crippen LogP contribution in [0.15, 0.2) is 76.5 Å². The van der Waals surface area contributed by atoms with Crippen molar-refractivity contribution in [3.05, 3.63) is 89.0 Å². The van der Waals surface area contributed by atoms with Crippen LogP contribution in [0.4, 0.5) is 18.9 Å². The summed E-state index contributed by atoms with van der Waals surface area (Å²) in [6.45, 7) is 4.11. The molecule has 0 aliphatic rings. The van der Waals surface area contributed by atoms with Crippen LogP contribution in [0.5, 0.6) is 0 Å². The highest BCUT2D eigenvalue weighted by atomic mass is 32.2. The van der Waals surface area contributed by atoms with Crippen LogP contribution in [-0.2, 0) is 17.4 Å². The first-order valence-corrected chi connectivity index (χ1v) is 9.83. The normalized spacial score (nSPS) is 11.3. The Kier molecular flexibility index (Phi) is 6.33. The molecule has 29 heavy (non-hydrogen) atoms. The first kappa shape index (κ1) is 21.0. The molecule has 1 N–H and O–H groups in total. The van der Waals surface area contributed by atoms with E-state index in [9.17, 15) is 18.0 Å². The molecule has 0 saturated carbocycles. The summed E-state index contributed by atoms with van der Waals surface area (Å²) in [6, 6.07) is 18.5. The molecule has 0 spiro atoms. The van der Waals surface area contributed by atoms with Crippen LogP contribution in [0.2, 0.25) is 0 Å². The molecule has 0 unspecified atom stereocenters. The molecule has 0 fully saturated rings. The Labute approximate surface area is 172 Å². The Morgan fingerprint density at radius 3 is 2.38 bits per heavy atom. The second kappa shape index (κ2) is 8.74. The average molecular weight is 415 g/mol. The molecule has 0 radical (unpaired) electrons. The highest BCUT2D eigenvalue weighted by Gasteiger charge is 2.30. The quantitative estimate of drug-likeness (QED) is 0.505. The van der Waals surface area contributed by atoms with Gasteiger partial charge < -0.3 is 5.32 Å². The van der Waals surface area contributed by atoms with Gasteiger partial charge in [0, 0.05) is 15.5 Å². The summed E-state index contributed by atoms with van der Waals surface area (Å²) >= 11 is 1.64. The van der Waals surface area contributed by atoms with Gasteiger partial charge in [0.05, 0.1) is 12.0 Å². The van der Waals surface area contributed by atoms with Gasteiger partial charge in [-0.1, -0.05) is 42.1 Å². The van der Waals surface area contributed by atoms with Gasteiger partial charge in [0.1, 0.15) is 0 Å². The van der Waals surface area contributed by atoms with Crippen molar-refractivity contribution in [3.8, 4) is 0 Å². The zero-order chi connectivity index (χ0) is 21.0. The van der Waals surface area contributed by atoms with Crippen molar-refractivity contribution in [1.29, 1.82) is 0 Å². The molecule has 0 aliphatic carbocycles. The van der Waals surface area contributed by atoms with E-state index in [0.717, 1.165) is 17.0 Å². The maximum Gasteiger partial charge on any atom is 0.416 e. The van der Waals surface area contributed by atoms with E-state index < -0.39 is 11.7 Å². The molecule has 1 amide bonds. The lowest BCUT2D eigenvalue weighted by atomic mass is 10.1. The van der Waals surface area contributed by atoms with Crippen molar-refractivity contribution in [1.82, 2.24) is 0 Å². The second-order valence-electron chi connectivity index (χ2n) is 6.82. The van der Waals surface area contributed by atoms with E-state index in [1.54, 1.807) is 23.9 Å². The number of aryl methyl sites for hydroxylation is 2. The number of carbonyl (C=O) groups excluding carboxylic acids is 1. The Morgan fingerprint density at radius 2 is 1.69 bits per heavy atom. The van der Waals surface area contributed by atoms with E-state index in [1.807, 2.05) is 19.1 Å². The molecule has 0 aliphatic heterocycles. The van der Waals surface area contributed by atoms with E-state index >= 15 is 0 Å². The highest BCUT2D eigenvalue weighted by Crippen LogP contribution is 2.32. The van der Waals surface area contributed by atoms with Crippen molar-refractivity contribution in [2.75, 3.05) is 5.32 Å². The number of alkyl halides is 3. The zero-order valence-electron chi connectivity index (χ0n) is 16.0. The molecule has 3 aromatic carbocycles. The fourth-order valence-corrected chi connectivity index (χ4v) is 3.80. The molecule has 0 heterocycles. The van der Waals surface area contributed by atoms with Crippen LogP contribution in [0.3, 0.4) is 0 Å². The first-order chi connectivity index (χ1) is 13.7. The SMILES string of the molecule is Cc1ccc(C)c(Sc2ccc(NC(=O)Cc3cccc(C(F)(F)F)c3)cc2)c1. The third-order valence-electron chi connectivity index (χ3n) is 4.33. The number of benzene rings is 3. The molecular weight excluding hydrogens is 395 g/mol. The van der Waals surface area contributed by atoms with E-state index in [4.69, 9.17) is 0 Å². The number of halogens is 3. The summed E-state index contributed by atoms with van der Waals surface area (Å²) in [4.78, 5) is 14.4. The Hall–Kier alpha value is -2.73. The predicted octanol–water partition coefficient (Wildman–Crippen LogP) is 6.65. The molecule has 3 rings (SSSR count). The lowest BCUT2D eigenvalue weighted by Crippen LogP contribution is -2.15. The van der Waals surface area contributed by atoms with Gasteiger partial charge in [0.15, 0.2) is 0 Å². The summed E-state index contributed by atoms with van der Waals surface area (Å²) in [5.74, 6) is -0.362. The summed E-state index contributed by atoms with van der Waals surface area (Å²) < 4.78 is 38.4. The fraction of sp³-hybridized carbons (Fsp3) is 0.174. The lowest BCUT2D eigenvalue weighted by molar-refractivity contribution is -0.137. The third kappa shape index (κ3) is 5.87. The number of carbonyl (C=O) groups is 1. The van der Waals surface area contributed by atoms with Gasteiger partial charge in [-0.15, -0.1) is 0 Å². The molecule has 0 aromatic heterocycles. The molecule has 0 saturated heterocycles. The molecule has 6 heteroatoms. The third-order valence-corrected chi connectivity index (χ3v) is 5.50. The van der Waals surface area contributed by atoms with Gasteiger partial charge in [-0.3, -0.25) is 4.79 Å². The van der Waals surface area contributed by atoms with Crippen LogP contribution in [0.1, 0.15) is 22.3 Å². The number of nitrogens with one attached hydrogen (secondary N) is 1. The number of hydrogen-bond acceptors (Lipinski definition) is 2. The zero-order valence-corrected chi connectivity index (χ0v) is 16.8. The highest BCUT2D eigenvalue weighted by molar-refractivity contribution is 7.99. The van der Waals surface area contributed by atoms with Gasteiger partial charge in [0.25, 0.3) is 0 Å². The Morgan fingerprint density at radius 1 is 0.966 bits per heavy atom. The minimum Gasteiger partial charge on any atom is -0.326 e. The Balaban J connectivity index is 1.62. The first-order valence-electron chi connectivity index (χ1n) is 9.02. The van der Waals surface area contributed by atoms with E-state index in [2.05, 4.69) is 30.4 Å². The predicted molar refractivity (Wildman–Crippen MR) is 110 cm³/mol. The van der Waals surface area contributed by atoms with Crippen molar-refractivity contribution < 1.29 is 18.0 Å². The van der Waals surface area contributed by atoms with Gasteiger partial charge in [-0.2, -0.15) is 13.2 Å². The molecule has 0 bridgehead atoms. The Bertz CT molecular complexity index is 1010. The average Bonchev–Trinajstić information content (AvgIpc) is 2.66. The van der Waals surface area contributed by atoms with E-state index in [1.165, 1.54) is 28.2 Å². The van der Waals surface area contributed by atoms with E-state index in [0.29, 0.717) is 11.3 Å². The van der Waals surface area contributed by atoms with Gasteiger partial charge in [0.2, 0.25) is 5.91 Å². The van der Waals surface area contributed by atoms with Crippen LogP contribution in [0, 0.1) is 13.8 Å². The minimum atomic E-state index is -4.42. The molecule has 2 nitrogen and oxygen atoms in total. The maximum absolute atomic E-state index is 12.8. The van der Waals surface area contributed by atoms with Crippen molar-refractivity contribution in [2.45, 2.75) is 36.2 Å². The second-order valence-corrected chi connectivity index (χ2v) is 7.93. The standard InChI is InChI=1S/C23H20F3NOS/c1-15-6-7-16(2)21(12-15)29-20-10-8-19(9-11-20)27-22(28)14-17-4-3-5-18(13-17)23(24,25)26/h3-13H,14H2,1-2H3,(H,27,28). The minimum absolute atomic E-state index is 0.122. The molecule has 3 aromatic rings. The van der Waals surface area contributed by atoms with Crippen LogP contribution >= 0.6 is 11.8 Å². The number of amides is 1. The molecular formula is C23H20F3NOS. The van der Waals surface area contributed by atoms with E-state index in [-0.39, 0.29) is 12.3 Å². The van der Waals surface area contributed by atoms with Gasteiger partial charge in [-0.05, 0) is 66.9 Å². The molecule has 150 valence electrons. The van der Waals surface area contributed by atoms with Crippen molar-refractivity contribution >= 4 is 23.4 Å². The van der Waals surface area contributed by atoms with Crippen LogP contribution in [-0.4, -0.2) is 5.91 Å². The molecule has 0 atom stereocenters. The summed E-state index contributed by atoms with van der Waals surface area (Å²) in [6.07, 6.45) is -4.54. The number of anilines is 1. The van der Waals surface area contributed by atoms with Gasteiger partial charge >= 0.3 is 6.18 Å². The smallest absolute Gasteiger partial charge is 0.326 e. The van der Waals surface area contributed by atoms with Crippen molar-refractivity contribution in [3.63, 3.8) is 0 Å². The summed E-state index contributed by atoms with van der Waals surface area (Å²) in [5, 5.41) is 2.73. The summed E-state index contributed by atoms with van der Waals surface area (Å²) in [7, 11) is 0. The van der Waals surface area contributed by atoms with Crippen LogP contribution < -0.4 is 5.32 Å².